The SMILES string of the molecule is OCC[C@H]1C[C@@H]2CC[C@H]1C2. The predicted molar refractivity (Wildman–Crippen MR) is 40.6 cm³/mol. The topological polar surface area (TPSA) is 20.2 Å². The average molecular weight is 140 g/mol. The van der Waals surface area contributed by atoms with Crippen LogP contribution in [0.1, 0.15) is 32.1 Å². The van der Waals surface area contributed by atoms with E-state index in [0.29, 0.717) is 6.61 Å². The second kappa shape index (κ2) is 2.54. The van der Waals surface area contributed by atoms with Crippen LogP contribution in [0.15, 0.2) is 0 Å². The molecule has 2 bridgehead atoms. The minimum Gasteiger partial charge on any atom is -0.396 e. The van der Waals surface area contributed by atoms with Crippen LogP contribution in [0.2, 0.25) is 0 Å². The number of hydrogen-bond acceptors (Lipinski definition) is 1. The number of aliphatic hydroxyl groups is 1. The highest BCUT2D eigenvalue weighted by Crippen LogP contribution is 2.49. The molecule has 3 atom stereocenters. The summed E-state index contributed by atoms with van der Waals surface area (Å²) in [7, 11) is 0. The zero-order chi connectivity index (χ0) is 6.97. The highest BCUT2D eigenvalue weighted by molar-refractivity contribution is 4.89. The molecule has 0 radical (unpaired) electrons. The monoisotopic (exact) mass is 140 g/mol. The van der Waals surface area contributed by atoms with Crippen LogP contribution in [-0.2, 0) is 0 Å². The molecule has 2 saturated carbocycles. The molecule has 0 aromatic rings. The van der Waals surface area contributed by atoms with Crippen LogP contribution < -0.4 is 0 Å². The minimum atomic E-state index is 0.411. The van der Waals surface area contributed by atoms with Crippen LogP contribution in [0.5, 0.6) is 0 Å². The van der Waals surface area contributed by atoms with Gasteiger partial charge in [-0.2, -0.15) is 0 Å². The number of fused-ring (bicyclic) bond motifs is 2. The largest absolute Gasteiger partial charge is 0.396 e. The molecule has 0 unspecified atom stereocenters. The summed E-state index contributed by atoms with van der Waals surface area (Å²) in [5.74, 6) is 2.93. The Balaban J connectivity index is 1.90. The number of aliphatic hydroxyl groups excluding tert-OH is 1. The first-order valence-corrected chi connectivity index (χ1v) is 4.51. The Kier molecular flexibility index (Phi) is 1.69. The lowest BCUT2D eigenvalue weighted by Gasteiger charge is -2.19. The van der Waals surface area contributed by atoms with Crippen LogP contribution in [0.25, 0.3) is 0 Å². The van der Waals surface area contributed by atoms with Crippen molar-refractivity contribution in [1.29, 1.82) is 0 Å². The highest BCUT2D eigenvalue weighted by atomic mass is 16.3. The first-order valence-electron chi connectivity index (χ1n) is 4.51. The fourth-order valence-corrected chi connectivity index (χ4v) is 2.90. The fourth-order valence-electron chi connectivity index (χ4n) is 2.90. The van der Waals surface area contributed by atoms with E-state index in [0.717, 1.165) is 24.2 Å². The molecule has 0 amide bonds. The van der Waals surface area contributed by atoms with Gasteiger partial charge in [0.05, 0.1) is 0 Å². The number of rotatable bonds is 2. The van der Waals surface area contributed by atoms with E-state index in [1.165, 1.54) is 25.7 Å². The maximum atomic E-state index is 8.75. The van der Waals surface area contributed by atoms with E-state index in [1.807, 2.05) is 0 Å². The maximum absolute atomic E-state index is 8.75. The zero-order valence-corrected chi connectivity index (χ0v) is 6.42. The third-order valence-corrected chi connectivity index (χ3v) is 3.38. The van der Waals surface area contributed by atoms with Crippen LogP contribution >= 0.6 is 0 Å². The third kappa shape index (κ3) is 0.968. The van der Waals surface area contributed by atoms with Gasteiger partial charge < -0.3 is 5.11 Å². The summed E-state index contributed by atoms with van der Waals surface area (Å²) in [5, 5.41) is 8.75. The molecular weight excluding hydrogens is 124 g/mol. The summed E-state index contributed by atoms with van der Waals surface area (Å²) in [4.78, 5) is 0. The Morgan fingerprint density at radius 2 is 2.10 bits per heavy atom. The molecule has 2 aliphatic carbocycles. The van der Waals surface area contributed by atoms with E-state index in [-0.39, 0.29) is 0 Å². The Morgan fingerprint density at radius 1 is 1.20 bits per heavy atom. The van der Waals surface area contributed by atoms with Crippen molar-refractivity contribution in [2.75, 3.05) is 6.61 Å². The van der Waals surface area contributed by atoms with E-state index in [4.69, 9.17) is 5.11 Å². The molecule has 0 aliphatic heterocycles. The van der Waals surface area contributed by atoms with Crippen LogP contribution in [0, 0.1) is 17.8 Å². The first kappa shape index (κ1) is 6.66. The first-order chi connectivity index (χ1) is 4.90. The molecule has 1 N–H and O–H groups in total. The standard InChI is InChI=1S/C9H16O/c10-4-3-9-6-7-1-2-8(9)5-7/h7-10H,1-6H2/t7-,8+,9+/m1/s1. The van der Waals surface area contributed by atoms with E-state index >= 15 is 0 Å². The molecule has 0 saturated heterocycles. The van der Waals surface area contributed by atoms with Crippen molar-refractivity contribution in [3.63, 3.8) is 0 Å². The lowest BCUT2D eigenvalue weighted by molar-refractivity contribution is 0.219. The van der Waals surface area contributed by atoms with Crippen molar-refractivity contribution in [2.24, 2.45) is 17.8 Å². The van der Waals surface area contributed by atoms with Gasteiger partial charge in [-0.3, -0.25) is 0 Å². The van der Waals surface area contributed by atoms with Crippen molar-refractivity contribution in [1.82, 2.24) is 0 Å². The molecule has 0 spiro atoms. The lowest BCUT2D eigenvalue weighted by atomic mass is 9.87. The second-order valence-electron chi connectivity index (χ2n) is 3.95. The predicted octanol–water partition coefficient (Wildman–Crippen LogP) is 1.80. The van der Waals surface area contributed by atoms with E-state index in [1.54, 1.807) is 0 Å². The maximum Gasteiger partial charge on any atom is 0.0433 e. The molecule has 2 fully saturated rings. The molecule has 0 aromatic heterocycles. The summed E-state index contributed by atoms with van der Waals surface area (Å²) in [6.45, 7) is 0.411. The molecule has 10 heavy (non-hydrogen) atoms. The summed E-state index contributed by atoms with van der Waals surface area (Å²) in [5.41, 5.74) is 0. The Labute approximate surface area is 62.4 Å². The van der Waals surface area contributed by atoms with Gasteiger partial charge >= 0.3 is 0 Å². The van der Waals surface area contributed by atoms with Gasteiger partial charge in [0.15, 0.2) is 0 Å². The molecule has 1 nitrogen and oxygen atoms in total. The third-order valence-electron chi connectivity index (χ3n) is 3.38. The average Bonchev–Trinajstić information content (AvgIpc) is 2.48. The molecule has 0 aromatic carbocycles. The lowest BCUT2D eigenvalue weighted by Crippen LogP contribution is -2.11. The van der Waals surface area contributed by atoms with Crippen LogP contribution in [0.3, 0.4) is 0 Å². The summed E-state index contributed by atoms with van der Waals surface area (Å²) < 4.78 is 0. The van der Waals surface area contributed by atoms with E-state index < -0.39 is 0 Å². The summed E-state index contributed by atoms with van der Waals surface area (Å²) in [6.07, 6.45) is 6.90. The Morgan fingerprint density at radius 3 is 2.60 bits per heavy atom. The Hall–Kier alpha value is -0.0400. The number of hydrogen-bond donors (Lipinski definition) is 1. The molecule has 0 heterocycles. The van der Waals surface area contributed by atoms with Gasteiger partial charge in [0.25, 0.3) is 0 Å². The Bertz CT molecular complexity index is 122. The molecule has 2 aliphatic rings. The molecular formula is C9H16O. The zero-order valence-electron chi connectivity index (χ0n) is 6.42. The van der Waals surface area contributed by atoms with Crippen molar-refractivity contribution in [3.05, 3.63) is 0 Å². The molecule has 2 rings (SSSR count). The minimum absolute atomic E-state index is 0.411. The van der Waals surface area contributed by atoms with E-state index in [9.17, 15) is 0 Å². The fraction of sp³-hybridized carbons (Fsp3) is 1.00. The van der Waals surface area contributed by atoms with Gasteiger partial charge in [0, 0.05) is 6.61 Å². The van der Waals surface area contributed by atoms with Gasteiger partial charge in [-0.15, -0.1) is 0 Å². The van der Waals surface area contributed by atoms with Crippen molar-refractivity contribution in [2.45, 2.75) is 32.1 Å². The van der Waals surface area contributed by atoms with Gasteiger partial charge in [0.2, 0.25) is 0 Å². The quantitative estimate of drug-likeness (QED) is 0.620. The van der Waals surface area contributed by atoms with Gasteiger partial charge in [-0.1, -0.05) is 6.42 Å². The van der Waals surface area contributed by atoms with Crippen molar-refractivity contribution < 1.29 is 5.11 Å². The van der Waals surface area contributed by atoms with Crippen LogP contribution in [0.4, 0.5) is 0 Å². The highest BCUT2D eigenvalue weighted by Gasteiger charge is 2.38. The summed E-state index contributed by atoms with van der Waals surface area (Å²) in [6, 6.07) is 0. The van der Waals surface area contributed by atoms with Crippen LogP contribution in [-0.4, -0.2) is 11.7 Å². The van der Waals surface area contributed by atoms with Gasteiger partial charge in [-0.05, 0) is 43.4 Å². The van der Waals surface area contributed by atoms with E-state index in [2.05, 4.69) is 0 Å². The smallest absolute Gasteiger partial charge is 0.0433 e. The summed E-state index contributed by atoms with van der Waals surface area (Å²) >= 11 is 0. The van der Waals surface area contributed by atoms with Gasteiger partial charge in [-0.25, -0.2) is 0 Å². The normalized spacial score (nSPS) is 44.7. The van der Waals surface area contributed by atoms with Crippen molar-refractivity contribution >= 4 is 0 Å². The molecule has 58 valence electrons. The second-order valence-corrected chi connectivity index (χ2v) is 3.95. The van der Waals surface area contributed by atoms with Crippen molar-refractivity contribution in [3.8, 4) is 0 Å². The molecule has 1 heteroatoms. The van der Waals surface area contributed by atoms with Gasteiger partial charge in [0.1, 0.15) is 0 Å².